The lowest BCUT2D eigenvalue weighted by Gasteiger charge is -2.54. The van der Waals surface area contributed by atoms with E-state index in [9.17, 15) is 18.0 Å². The van der Waals surface area contributed by atoms with Gasteiger partial charge in [0.15, 0.2) is 0 Å². The zero-order chi connectivity index (χ0) is 30.8. The maximum absolute atomic E-state index is 16.0. The van der Waals surface area contributed by atoms with Crippen LogP contribution >= 0.6 is 10.3 Å². The first-order chi connectivity index (χ1) is 20.2. The fraction of sp³-hybridized carbons (Fsp3) is 0.394. The Labute approximate surface area is 252 Å². The second-order valence-corrected chi connectivity index (χ2v) is 16.8. The van der Waals surface area contributed by atoms with E-state index in [-0.39, 0.29) is 36.4 Å². The molecule has 3 aromatic carbocycles. The normalized spacial score (nSPS) is 25.5. The summed E-state index contributed by atoms with van der Waals surface area (Å²) in [6, 6.07) is 20.6. The van der Waals surface area contributed by atoms with Crippen LogP contribution in [0.3, 0.4) is 0 Å². The Balaban J connectivity index is 1.42. The number of benzene rings is 3. The first-order valence-electron chi connectivity index (χ1n) is 14.4. The number of carbonyl (C=O) groups is 2. The van der Waals surface area contributed by atoms with Crippen LogP contribution < -0.4 is 0 Å². The Kier molecular flexibility index (Phi) is 7.34. The van der Waals surface area contributed by atoms with Crippen molar-refractivity contribution < 1.29 is 35.2 Å². The maximum Gasteiger partial charge on any atom is 0.466 e. The number of ketones is 1. The van der Waals surface area contributed by atoms with E-state index in [4.69, 9.17) is 8.37 Å². The van der Waals surface area contributed by atoms with E-state index < -0.39 is 37.3 Å². The molecule has 4 aliphatic carbocycles. The van der Waals surface area contributed by atoms with Crippen molar-refractivity contribution >= 4 is 32.2 Å². The molecule has 0 amide bonds. The second-order valence-electron chi connectivity index (χ2n) is 12.4. The van der Waals surface area contributed by atoms with Gasteiger partial charge in [0, 0.05) is 26.5 Å². The van der Waals surface area contributed by atoms with Crippen molar-refractivity contribution in [1.82, 2.24) is 0 Å². The molecule has 3 aromatic rings. The molecular weight excluding hydrogens is 594 g/mol. The van der Waals surface area contributed by atoms with Crippen LogP contribution in [0.5, 0.6) is 0 Å². The van der Waals surface area contributed by atoms with Gasteiger partial charge in [0.25, 0.3) is 0 Å². The molecule has 7 rings (SSSR count). The molecule has 4 bridgehead atoms. The lowest BCUT2D eigenvalue weighted by Crippen LogP contribution is -2.58. The van der Waals surface area contributed by atoms with Gasteiger partial charge in [-0.15, -0.1) is 0 Å². The molecule has 228 valence electrons. The summed E-state index contributed by atoms with van der Waals surface area (Å²) in [6.45, 7) is 5.58. The molecule has 0 saturated heterocycles. The first kappa shape index (κ1) is 30.0. The number of esters is 1. The van der Waals surface area contributed by atoms with Crippen LogP contribution in [-0.4, -0.2) is 31.0 Å². The van der Waals surface area contributed by atoms with E-state index in [0.29, 0.717) is 33.9 Å². The van der Waals surface area contributed by atoms with Gasteiger partial charge >= 0.3 is 21.3 Å². The van der Waals surface area contributed by atoms with Gasteiger partial charge in [0.2, 0.25) is 0 Å². The van der Waals surface area contributed by atoms with E-state index in [1.54, 1.807) is 72.8 Å². The number of carbonyl (C=O) groups excluding carboxylic acids is 2. The summed E-state index contributed by atoms with van der Waals surface area (Å²) in [6.07, 6.45) is 1.95. The Hall–Kier alpha value is -3.08. The number of alkyl halides is 2. The third-order valence-corrected chi connectivity index (χ3v) is 14.2. The number of ether oxygens (including phenoxy) is 1. The molecule has 4 fully saturated rings. The van der Waals surface area contributed by atoms with Crippen molar-refractivity contribution in [3.8, 4) is 0 Å². The summed E-state index contributed by atoms with van der Waals surface area (Å²) in [5, 5.41) is -5.00. The lowest BCUT2D eigenvalue weighted by molar-refractivity contribution is -0.201. The Morgan fingerprint density at radius 2 is 1.14 bits per heavy atom. The minimum Gasteiger partial charge on any atom is -0.454 e. The summed E-state index contributed by atoms with van der Waals surface area (Å²) in [7, 11) is -9.26. The number of aryl methyl sites for hydroxylation is 3. The number of rotatable bonds is 8. The molecule has 2 atom stereocenters. The van der Waals surface area contributed by atoms with Crippen LogP contribution in [0.2, 0.25) is 0 Å². The summed E-state index contributed by atoms with van der Waals surface area (Å²) >= 11 is 0. The standard InChI is InChI=1S/C33H34F2O6S2/c1-21-4-10-27(11-5-21)42(28-12-6-22(2)7-13-28,29-14-8-23(3)9-15-29)41-43(38,39)33(34,35)31(37)40-32-18-24-16-25(19-32)30(36)26(17-24)20-32/h4-15,24-26H,16-20H2,1-3H3. The number of hydrogen-bond donors (Lipinski definition) is 0. The molecule has 0 spiro atoms. The molecule has 4 aliphatic rings. The van der Waals surface area contributed by atoms with E-state index in [1.165, 1.54) is 0 Å². The van der Waals surface area contributed by atoms with E-state index in [1.807, 2.05) is 20.8 Å². The Morgan fingerprint density at radius 3 is 1.53 bits per heavy atom. The predicted octanol–water partition coefficient (Wildman–Crippen LogP) is 7.44. The summed E-state index contributed by atoms with van der Waals surface area (Å²) in [5.74, 6) is -2.67. The highest BCUT2D eigenvalue weighted by Crippen LogP contribution is 2.70. The smallest absolute Gasteiger partial charge is 0.454 e. The van der Waals surface area contributed by atoms with Crippen molar-refractivity contribution in [2.75, 3.05) is 0 Å². The summed E-state index contributed by atoms with van der Waals surface area (Å²) in [4.78, 5) is 26.9. The monoisotopic (exact) mass is 628 g/mol. The molecule has 43 heavy (non-hydrogen) atoms. The average molecular weight is 629 g/mol. The van der Waals surface area contributed by atoms with Crippen molar-refractivity contribution in [2.24, 2.45) is 17.8 Å². The number of hydrogen-bond acceptors (Lipinski definition) is 6. The van der Waals surface area contributed by atoms with Crippen molar-refractivity contribution in [1.29, 1.82) is 0 Å². The molecular formula is C33H34F2O6S2. The predicted molar refractivity (Wildman–Crippen MR) is 158 cm³/mol. The van der Waals surface area contributed by atoms with Crippen LogP contribution in [0, 0.1) is 38.5 Å². The highest BCUT2D eigenvalue weighted by molar-refractivity contribution is 8.33. The first-order valence-corrected chi connectivity index (χ1v) is 17.4. The van der Waals surface area contributed by atoms with Gasteiger partial charge in [-0.05, 0) is 106 Å². The highest BCUT2D eigenvalue weighted by Gasteiger charge is 2.63. The van der Waals surface area contributed by atoms with Gasteiger partial charge in [-0.25, -0.2) is 8.42 Å². The molecule has 0 heterocycles. The quantitative estimate of drug-likeness (QED) is 0.241. The van der Waals surface area contributed by atoms with E-state index in [0.717, 1.165) is 16.7 Å². The van der Waals surface area contributed by atoms with Crippen LogP contribution in [0.15, 0.2) is 87.5 Å². The Bertz CT molecular complexity index is 1540. The number of Topliss-reactive ketones (excluding diaryl/α,β-unsaturated/α-hetero) is 1. The van der Waals surface area contributed by atoms with Gasteiger partial charge in [-0.1, -0.05) is 53.1 Å². The lowest BCUT2D eigenvalue weighted by atomic mass is 9.53. The van der Waals surface area contributed by atoms with Crippen LogP contribution in [0.25, 0.3) is 0 Å². The number of halogens is 2. The summed E-state index contributed by atoms with van der Waals surface area (Å²) in [5.41, 5.74) is 1.39. The van der Waals surface area contributed by atoms with Crippen LogP contribution in [0.1, 0.15) is 48.8 Å². The molecule has 0 N–H and O–H groups in total. The SMILES string of the molecule is Cc1ccc(S(OS(=O)(=O)C(F)(F)C(=O)OC23CC4CC(C2)C(=O)C(C4)C3)(c2ccc(C)cc2)c2ccc(C)cc2)cc1. The fourth-order valence-electron chi connectivity index (χ4n) is 7.05. The molecule has 0 aliphatic heterocycles. The molecule has 10 heteroatoms. The second kappa shape index (κ2) is 10.5. The zero-order valence-corrected chi connectivity index (χ0v) is 25.9. The molecule has 6 nitrogen and oxygen atoms in total. The van der Waals surface area contributed by atoms with Gasteiger partial charge in [0.1, 0.15) is 11.4 Å². The molecule has 0 radical (unpaired) electrons. The fourth-order valence-corrected chi connectivity index (χ4v) is 12.0. The minimum atomic E-state index is -5.92. The van der Waals surface area contributed by atoms with E-state index >= 15 is 8.78 Å². The van der Waals surface area contributed by atoms with E-state index in [2.05, 4.69) is 0 Å². The zero-order valence-electron chi connectivity index (χ0n) is 24.2. The topological polar surface area (TPSA) is 86.7 Å². The maximum atomic E-state index is 16.0. The Morgan fingerprint density at radius 1 is 0.744 bits per heavy atom. The van der Waals surface area contributed by atoms with Crippen molar-refractivity contribution in [3.63, 3.8) is 0 Å². The largest absolute Gasteiger partial charge is 0.466 e. The van der Waals surface area contributed by atoms with Gasteiger partial charge in [-0.2, -0.15) is 17.2 Å². The average Bonchev–Trinajstić information content (AvgIpc) is 2.95. The molecule has 0 aromatic heterocycles. The van der Waals surface area contributed by atoms with Crippen LogP contribution in [0.4, 0.5) is 8.78 Å². The van der Waals surface area contributed by atoms with Crippen LogP contribution in [-0.2, 0) is 28.1 Å². The third kappa shape index (κ3) is 5.11. The third-order valence-electron chi connectivity index (χ3n) is 9.05. The van der Waals surface area contributed by atoms with Gasteiger partial charge in [0.05, 0.1) is 0 Å². The minimum absolute atomic E-state index is 0.0891. The van der Waals surface area contributed by atoms with Crippen molar-refractivity contribution in [3.05, 3.63) is 89.5 Å². The van der Waals surface area contributed by atoms with Gasteiger partial charge < -0.3 is 4.74 Å². The summed E-state index contributed by atoms with van der Waals surface area (Å²) < 4.78 is 70.7. The molecule has 4 saturated carbocycles. The molecule has 2 unspecified atom stereocenters. The van der Waals surface area contributed by atoms with Gasteiger partial charge in [-0.3, -0.25) is 4.79 Å². The van der Waals surface area contributed by atoms with Crippen molar-refractivity contribution in [2.45, 2.75) is 78.4 Å². The highest BCUT2D eigenvalue weighted by atomic mass is 32.3.